The number of fused-ring (bicyclic) bond motifs is 1. The summed E-state index contributed by atoms with van der Waals surface area (Å²) in [6, 6.07) is 11.9. The first-order chi connectivity index (χ1) is 9.76. The smallest absolute Gasteiger partial charge is 0.140 e. The molecule has 3 rings (SSSR count). The number of benzene rings is 1. The van der Waals surface area contributed by atoms with E-state index in [0.717, 1.165) is 28.2 Å². The Bertz CT molecular complexity index is 733. The molecule has 0 bridgehead atoms. The largest absolute Gasteiger partial charge is 0.487 e. The van der Waals surface area contributed by atoms with Crippen LogP contribution < -0.4 is 10.5 Å². The average Bonchev–Trinajstić information content (AvgIpc) is 2.90. The SMILES string of the molecule is Cc1cccn2cc(COc3cccc(CN)c3)nc12. The minimum atomic E-state index is 0.454. The Morgan fingerprint density at radius 2 is 2.15 bits per heavy atom. The van der Waals surface area contributed by atoms with Gasteiger partial charge in [-0.2, -0.15) is 0 Å². The molecule has 3 aromatic rings. The van der Waals surface area contributed by atoms with E-state index in [-0.39, 0.29) is 0 Å². The molecule has 0 unspecified atom stereocenters. The molecule has 0 atom stereocenters. The van der Waals surface area contributed by atoms with Crippen molar-refractivity contribution in [2.75, 3.05) is 0 Å². The zero-order chi connectivity index (χ0) is 13.9. The van der Waals surface area contributed by atoms with Gasteiger partial charge >= 0.3 is 0 Å². The maximum atomic E-state index is 5.77. The number of nitrogens with two attached hydrogens (primary N) is 1. The van der Waals surface area contributed by atoms with Gasteiger partial charge in [0.25, 0.3) is 0 Å². The summed E-state index contributed by atoms with van der Waals surface area (Å²) in [4.78, 5) is 4.58. The van der Waals surface area contributed by atoms with Crippen LogP contribution in [0.4, 0.5) is 0 Å². The normalized spacial score (nSPS) is 10.9. The van der Waals surface area contributed by atoms with E-state index in [9.17, 15) is 0 Å². The quantitative estimate of drug-likeness (QED) is 0.790. The zero-order valence-electron chi connectivity index (χ0n) is 11.4. The lowest BCUT2D eigenvalue weighted by Gasteiger charge is -2.05. The Hall–Kier alpha value is -2.33. The number of hydrogen-bond acceptors (Lipinski definition) is 3. The molecule has 2 aromatic heterocycles. The minimum Gasteiger partial charge on any atom is -0.487 e. The maximum absolute atomic E-state index is 5.77. The molecule has 0 aliphatic rings. The highest BCUT2D eigenvalue weighted by Gasteiger charge is 2.04. The molecule has 102 valence electrons. The van der Waals surface area contributed by atoms with Crippen molar-refractivity contribution >= 4 is 5.65 Å². The third-order valence-electron chi connectivity index (χ3n) is 3.25. The third kappa shape index (κ3) is 2.51. The Labute approximate surface area is 117 Å². The number of ether oxygens (including phenoxy) is 1. The maximum Gasteiger partial charge on any atom is 0.140 e. The topological polar surface area (TPSA) is 52.5 Å². The Morgan fingerprint density at radius 3 is 2.95 bits per heavy atom. The van der Waals surface area contributed by atoms with Crippen molar-refractivity contribution in [3.63, 3.8) is 0 Å². The van der Waals surface area contributed by atoms with Crippen molar-refractivity contribution in [3.05, 3.63) is 65.6 Å². The van der Waals surface area contributed by atoms with Gasteiger partial charge in [0.1, 0.15) is 18.0 Å². The van der Waals surface area contributed by atoms with E-state index in [2.05, 4.69) is 18.0 Å². The number of hydrogen-bond donors (Lipinski definition) is 1. The molecule has 1 aromatic carbocycles. The van der Waals surface area contributed by atoms with Crippen LogP contribution in [0.25, 0.3) is 5.65 Å². The monoisotopic (exact) mass is 267 g/mol. The predicted octanol–water partition coefficient (Wildman–Crippen LogP) is 2.68. The first-order valence-electron chi connectivity index (χ1n) is 6.61. The molecule has 0 spiro atoms. The van der Waals surface area contributed by atoms with E-state index < -0.39 is 0 Å². The van der Waals surface area contributed by atoms with Crippen molar-refractivity contribution in [2.24, 2.45) is 5.73 Å². The lowest BCUT2D eigenvalue weighted by molar-refractivity contribution is 0.302. The van der Waals surface area contributed by atoms with Gasteiger partial charge in [-0.3, -0.25) is 0 Å². The summed E-state index contributed by atoms with van der Waals surface area (Å²) >= 11 is 0. The Kier molecular flexibility index (Phi) is 3.39. The summed E-state index contributed by atoms with van der Waals surface area (Å²) in [5, 5.41) is 0. The second kappa shape index (κ2) is 5.35. The van der Waals surface area contributed by atoms with Crippen molar-refractivity contribution in [1.29, 1.82) is 0 Å². The molecule has 0 radical (unpaired) electrons. The number of nitrogens with zero attached hydrogens (tertiary/aromatic N) is 2. The van der Waals surface area contributed by atoms with Crippen molar-refractivity contribution in [2.45, 2.75) is 20.1 Å². The van der Waals surface area contributed by atoms with Gasteiger partial charge in [0.15, 0.2) is 0 Å². The van der Waals surface area contributed by atoms with Crippen LogP contribution in [0.15, 0.2) is 48.8 Å². The molecule has 0 amide bonds. The van der Waals surface area contributed by atoms with E-state index in [4.69, 9.17) is 10.5 Å². The summed E-state index contributed by atoms with van der Waals surface area (Å²) in [5.74, 6) is 0.821. The second-order valence-electron chi connectivity index (χ2n) is 4.79. The highest BCUT2D eigenvalue weighted by Crippen LogP contribution is 2.16. The Morgan fingerprint density at radius 1 is 1.25 bits per heavy atom. The highest BCUT2D eigenvalue weighted by molar-refractivity contribution is 5.47. The first kappa shape index (κ1) is 12.7. The molecule has 4 nitrogen and oxygen atoms in total. The van der Waals surface area contributed by atoms with E-state index in [0.29, 0.717) is 13.2 Å². The van der Waals surface area contributed by atoms with E-state index in [1.165, 1.54) is 0 Å². The fraction of sp³-hybridized carbons (Fsp3) is 0.188. The summed E-state index contributed by atoms with van der Waals surface area (Å²) in [7, 11) is 0. The molecule has 0 fully saturated rings. The summed E-state index contributed by atoms with van der Waals surface area (Å²) in [5.41, 5.74) is 9.73. The highest BCUT2D eigenvalue weighted by atomic mass is 16.5. The molecule has 0 aliphatic heterocycles. The standard InChI is InChI=1S/C16H17N3O/c1-12-4-3-7-19-10-14(18-16(12)19)11-20-15-6-2-5-13(8-15)9-17/h2-8,10H,9,11,17H2,1H3. The van der Waals surface area contributed by atoms with Gasteiger partial charge in [-0.15, -0.1) is 0 Å². The number of pyridine rings is 1. The van der Waals surface area contributed by atoms with Crippen LogP contribution in [0.3, 0.4) is 0 Å². The molecule has 2 heterocycles. The summed E-state index contributed by atoms with van der Waals surface area (Å²) in [6.07, 6.45) is 3.99. The van der Waals surface area contributed by atoms with Gasteiger partial charge in [0.2, 0.25) is 0 Å². The van der Waals surface area contributed by atoms with Crippen LogP contribution in [0, 0.1) is 6.92 Å². The van der Waals surface area contributed by atoms with Crippen LogP contribution in [0.1, 0.15) is 16.8 Å². The van der Waals surface area contributed by atoms with E-state index in [1.54, 1.807) is 0 Å². The van der Waals surface area contributed by atoms with Gasteiger partial charge in [-0.1, -0.05) is 18.2 Å². The molecule has 0 saturated heterocycles. The molecule has 0 aliphatic carbocycles. The lowest BCUT2D eigenvalue weighted by atomic mass is 10.2. The summed E-state index contributed by atoms with van der Waals surface area (Å²) < 4.78 is 7.79. The zero-order valence-corrected chi connectivity index (χ0v) is 11.4. The first-order valence-corrected chi connectivity index (χ1v) is 6.61. The molecular weight excluding hydrogens is 250 g/mol. The molecule has 0 saturated carbocycles. The van der Waals surface area contributed by atoms with Gasteiger partial charge < -0.3 is 14.9 Å². The molecule has 20 heavy (non-hydrogen) atoms. The van der Waals surface area contributed by atoms with Crippen LogP contribution in [-0.2, 0) is 13.2 Å². The fourth-order valence-corrected chi connectivity index (χ4v) is 2.19. The van der Waals surface area contributed by atoms with Gasteiger partial charge in [0, 0.05) is 18.9 Å². The number of aromatic nitrogens is 2. The van der Waals surface area contributed by atoms with E-state index >= 15 is 0 Å². The van der Waals surface area contributed by atoms with Crippen molar-refractivity contribution in [1.82, 2.24) is 9.38 Å². The fourth-order valence-electron chi connectivity index (χ4n) is 2.19. The molecular formula is C16H17N3O. The predicted molar refractivity (Wildman–Crippen MR) is 78.6 cm³/mol. The average molecular weight is 267 g/mol. The van der Waals surface area contributed by atoms with Crippen LogP contribution in [-0.4, -0.2) is 9.38 Å². The van der Waals surface area contributed by atoms with Crippen molar-refractivity contribution < 1.29 is 4.74 Å². The number of imidazole rings is 1. The van der Waals surface area contributed by atoms with E-state index in [1.807, 2.05) is 47.1 Å². The second-order valence-corrected chi connectivity index (χ2v) is 4.79. The van der Waals surface area contributed by atoms with Gasteiger partial charge in [-0.05, 0) is 36.2 Å². The van der Waals surface area contributed by atoms with Crippen LogP contribution >= 0.6 is 0 Å². The third-order valence-corrected chi connectivity index (χ3v) is 3.25. The summed E-state index contributed by atoms with van der Waals surface area (Å²) in [6.45, 7) is 3.03. The molecule has 4 heteroatoms. The molecule has 2 N–H and O–H groups in total. The van der Waals surface area contributed by atoms with Crippen LogP contribution in [0.2, 0.25) is 0 Å². The lowest BCUT2D eigenvalue weighted by Crippen LogP contribution is -1.99. The number of aryl methyl sites for hydroxylation is 1. The number of rotatable bonds is 4. The minimum absolute atomic E-state index is 0.454. The van der Waals surface area contributed by atoms with Crippen LogP contribution in [0.5, 0.6) is 5.75 Å². The van der Waals surface area contributed by atoms with Crippen molar-refractivity contribution in [3.8, 4) is 5.75 Å². The van der Waals surface area contributed by atoms with Gasteiger partial charge in [0.05, 0.1) is 5.69 Å². The Balaban J connectivity index is 1.78. The van der Waals surface area contributed by atoms with Gasteiger partial charge in [-0.25, -0.2) is 4.98 Å².